The van der Waals surface area contributed by atoms with Gasteiger partial charge in [-0.1, -0.05) is 27.7 Å². The van der Waals surface area contributed by atoms with Gasteiger partial charge in [-0.2, -0.15) is 0 Å². The van der Waals surface area contributed by atoms with Gasteiger partial charge in [0, 0.05) is 5.41 Å². The van der Waals surface area contributed by atoms with Crippen LogP contribution in [0.4, 0.5) is 0 Å². The van der Waals surface area contributed by atoms with Crippen LogP contribution < -0.4 is 0 Å². The molecule has 0 bridgehead atoms. The van der Waals surface area contributed by atoms with E-state index >= 15 is 0 Å². The first-order valence-corrected chi connectivity index (χ1v) is 6.12. The molecule has 0 aromatic rings. The van der Waals surface area contributed by atoms with Crippen LogP contribution in [0.1, 0.15) is 59.8 Å². The Labute approximate surface area is 93.7 Å². The van der Waals surface area contributed by atoms with E-state index in [4.69, 9.17) is 0 Å². The lowest BCUT2D eigenvalue weighted by Gasteiger charge is -2.49. The van der Waals surface area contributed by atoms with Crippen molar-refractivity contribution in [2.75, 3.05) is 6.61 Å². The molecule has 0 saturated heterocycles. The first-order chi connectivity index (χ1) is 6.79. The van der Waals surface area contributed by atoms with Crippen molar-refractivity contribution in [2.24, 2.45) is 10.8 Å². The van der Waals surface area contributed by atoms with Gasteiger partial charge in [0.05, 0.1) is 12.2 Å². The van der Waals surface area contributed by atoms with Crippen molar-refractivity contribution in [1.29, 1.82) is 0 Å². The summed E-state index contributed by atoms with van der Waals surface area (Å²) in [5.41, 5.74) is -0.633. The molecule has 1 atom stereocenters. The average molecular weight is 214 g/mol. The minimum absolute atomic E-state index is 0.0838. The van der Waals surface area contributed by atoms with Crippen molar-refractivity contribution >= 4 is 0 Å². The summed E-state index contributed by atoms with van der Waals surface area (Å²) >= 11 is 0. The van der Waals surface area contributed by atoms with Gasteiger partial charge in [0.2, 0.25) is 0 Å². The largest absolute Gasteiger partial charge is 0.396 e. The molecule has 2 nitrogen and oxygen atoms in total. The van der Waals surface area contributed by atoms with Crippen LogP contribution in [0.25, 0.3) is 0 Å². The smallest absolute Gasteiger partial charge is 0.0723 e. The third-order valence-corrected chi connectivity index (χ3v) is 4.68. The predicted octanol–water partition coefficient (Wildman–Crippen LogP) is 2.73. The normalized spacial score (nSPS) is 28.4. The average Bonchev–Trinajstić information content (AvgIpc) is 2.21. The zero-order chi connectivity index (χ0) is 11.7. The maximum Gasteiger partial charge on any atom is 0.0723 e. The van der Waals surface area contributed by atoms with E-state index in [1.807, 2.05) is 13.8 Å². The van der Waals surface area contributed by atoms with Crippen LogP contribution in [0.15, 0.2) is 0 Å². The molecule has 1 rings (SSSR count). The number of aliphatic hydroxyl groups is 2. The summed E-state index contributed by atoms with van der Waals surface area (Å²) in [7, 11) is 0. The number of hydrogen-bond donors (Lipinski definition) is 2. The summed E-state index contributed by atoms with van der Waals surface area (Å²) in [6, 6.07) is 0. The number of aliphatic hydroxyl groups excluding tert-OH is 1. The minimum atomic E-state index is -0.661. The fourth-order valence-corrected chi connectivity index (χ4v) is 2.53. The lowest BCUT2D eigenvalue weighted by atomic mass is 9.60. The highest BCUT2D eigenvalue weighted by Crippen LogP contribution is 2.49. The maximum atomic E-state index is 10.7. The van der Waals surface area contributed by atoms with Crippen molar-refractivity contribution in [3.63, 3.8) is 0 Å². The standard InChI is InChI=1S/C13H26O2/c1-5-12(4,10-14)13(15)8-6-11(2,3)7-9-13/h14-15H,5-10H2,1-4H3. The molecule has 1 fully saturated rings. The van der Waals surface area contributed by atoms with E-state index in [-0.39, 0.29) is 12.0 Å². The minimum Gasteiger partial charge on any atom is -0.396 e. The van der Waals surface area contributed by atoms with Crippen LogP contribution in [0.3, 0.4) is 0 Å². The Balaban J connectivity index is 2.77. The fraction of sp³-hybridized carbons (Fsp3) is 1.00. The van der Waals surface area contributed by atoms with Crippen LogP contribution in [0, 0.1) is 10.8 Å². The van der Waals surface area contributed by atoms with E-state index < -0.39 is 5.60 Å². The van der Waals surface area contributed by atoms with Crippen molar-refractivity contribution < 1.29 is 10.2 Å². The summed E-state index contributed by atoms with van der Waals surface area (Å²) in [6.07, 6.45) is 4.59. The Morgan fingerprint density at radius 1 is 1.13 bits per heavy atom. The molecule has 1 aliphatic rings. The van der Waals surface area contributed by atoms with Gasteiger partial charge in [-0.3, -0.25) is 0 Å². The third kappa shape index (κ3) is 2.36. The summed E-state index contributed by atoms with van der Waals surface area (Å²) in [5.74, 6) is 0. The molecule has 0 aliphatic heterocycles. The SMILES string of the molecule is CCC(C)(CO)C1(O)CCC(C)(C)CC1. The second kappa shape index (κ2) is 4.06. The summed E-state index contributed by atoms with van der Waals surface area (Å²) in [5, 5.41) is 20.1. The van der Waals surface area contributed by atoms with Crippen LogP contribution in [-0.2, 0) is 0 Å². The van der Waals surface area contributed by atoms with Crippen molar-refractivity contribution in [3.8, 4) is 0 Å². The fourth-order valence-electron chi connectivity index (χ4n) is 2.53. The summed E-state index contributed by atoms with van der Waals surface area (Å²) < 4.78 is 0. The molecule has 0 heterocycles. The van der Waals surface area contributed by atoms with Crippen LogP contribution in [0.5, 0.6) is 0 Å². The van der Waals surface area contributed by atoms with E-state index in [1.54, 1.807) is 0 Å². The van der Waals surface area contributed by atoms with Crippen LogP contribution in [0.2, 0.25) is 0 Å². The zero-order valence-corrected chi connectivity index (χ0v) is 10.6. The van der Waals surface area contributed by atoms with Crippen LogP contribution in [-0.4, -0.2) is 22.4 Å². The third-order valence-electron chi connectivity index (χ3n) is 4.68. The van der Waals surface area contributed by atoms with Gasteiger partial charge in [0.15, 0.2) is 0 Å². The lowest BCUT2D eigenvalue weighted by molar-refractivity contribution is -0.137. The Hall–Kier alpha value is -0.0800. The predicted molar refractivity (Wildman–Crippen MR) is 62.7 cm³/mol. The highest BCUT2D eigenvalue weighted by molar-refractivity contribution is 4.99. The molecular weight excluding hydrogens is 188 g/mol. The Bertz CT molecular complexity index is 207. The monoisotopic (exact) mass is 214 g/mol. The lowest BCUT2D eigenvalue weighted by Crippen LogP contribution is -2.51. The zero-order valence-electron chi connectivity index (χ0n) is 10.6. The highest BCUT2D eigenvalue weighted by atomic mass is 16.3. The topological polar surface area (TPSA) is 40.5 Å². The van der Waals surface area contributed by atoms with Crippen molar-refractivity contribution in [3.05, 3.63) is 0 Å². The molecular formula is C13H26O2. The van der Waals surface area contributed by atoms with E-state index in [1.165, 1.54) is 0 Å². The second-order valence-electron chi connectivity index (χ2n) is 6.27. The molecule has 0 aromatic heterocycles. The van der Waals surface area contributed by atoms with Gasteiger partial charge >= 0.3 is 0 Å². The van der Waals surface area contributed by atoms with E-state index in [2.05, 4.69) is 13.8 Å². The Morgan fingerprint density at radius 3 is 1.93 bits per heavy atom. The molecule has 1 aliphatic carbocycles. The highest BCUT2D eigenvalue weighted by Gasteiger charge is 2.48. The molecule has 0 radical (unpaired) electrons. The first kappa shape index (κ1) is 13.0. The quantitative estimate of drug-likeness (QED) is 0.758. The molecule has 0 spiro atoms. The van der Waals surface area contributed by atoms with Gasteiger partial charge in [0.1, 0.15) is 0 Å². The number of hydrogen-bond acceptors (Lipinski definition) is 2. The summed E-state index contributed by atoms with van der Waals surface area (Å²) in [4.78, 5) is 0. The summed E-state index contributed by atoms with van der Waals surface area (Å²) in [6.45, 7) is 8.66. The molecule has 0 aromatic carbocycles. The van der Waals surface area contributed by atoms with Crippen molar-refractivity contribution in [1.82, 2.24) is 0 Å². The van der Waals surface area contributed by atoms with Gasteiger partial charge in [-0.15, -0.1) is 0 Å². The van der Waals surface area contributed by atoms with Gasteiger partial charge < -0.3 is 10.2 Å². The molecule has 1 saturated carbocycles. The molecule has 2 N–H and O–H groups in total. The van der Waals surface area contributed by atoms with Crippen LogP contribution >= 0.6 is 0 Å². The Kier molecular flexibility index (Phi) is 3.52. The maximum absolute atomic E-state index is 10.7. The Morgan fingerprint density at radius 2 is 1.60 bits per heavy atom. The number of rotatable bonds is 3. The van der Waals surface area contributed by atoms with Gasteiger partial charge in [-0.05, 0) is 37.5 Å². The van der Waals surface area contributed by atoms with E-state index in [0.717, 1.165) is 32.1 Å². The molecule has 2 heteroatoms. The van der Waals surface area contributed by atoms with Crippen molar-refractivity contribution in [2.45, 2.75) is 65.4 Å². The molecule has 0 amide bonds. The second-order valence-corrected chi connectivity index (χ2v) is 6.27. The molecule has 1 unspecified atom stereocenters. The van der Waals surface area contributed by atoms with Gasteiger partial charge in [-0.25, -0.2) is 0 Å². The first-order valence-electron chi connectivity index (χ1n) is 6.12. The van der Waals surface area contributed by atoms with Gasteiger partial charge in [0.25, 0.3) is 0 Å². The van der Waals surface area contributed by atoms with E-state index in [9.17, 15) is 10.2 Å². The molecule has 15 heavy (non-hydrogen) atoms. The molecule has 90 valence electrons. The van der Waals surface area contributed by atoms with E-state index in [0.29, 0.717) is 5.41 Å².